The number of H-pyrrole nitrogens is 2. The summed E-state index contributed by atoms with van der Waals surface area (Å²) in [6, 6.07) is 10.3. The van der Waals surface area contributed by atoms with Gasteiger partial charge in [-0.05, 0) is 29.6 Å². The van der Waals surface area contributed by atoms with Crippen molar-refractivity contribution in [3.8, 4) is 33.1 Å². The minimum absolute atomic E-state index is 0.800. The molecule has 6 rings (SSSR count). The van der Waals surface area contributed by atoms with Gasteiger partial charge in [0, 0.05) is 45.4 Å². The zero-order valence-corrected chi connectivity index (χ0v) is 15.8. The van der Waals surface area contributed by atoms with Gasteiger partial charge in [0.2, 0.25) is 0 Å². The second-order valence-electron chi connectivity index (χ2n) is 6.60. The van der Waals surface area contributed by atoms with Crippen LogP contribution in [0.4, 0.5) is 0 Å². The maximum absolute atomic E-state index is 4.54. The molecule has 0 fully saturated rings. The van der Waals surface area contributed by atoms with Crippen LogP contribution in [0.15, 0.2) is 66.8 Å². The molecule has 0 amide bonds. The van der Waals surface area contributed by atoms with Crippen LogP contribution < -0.4 is 0 Å². The number of rotatable bonds is 3. The number of fused-ring (bicyclic) bond motifs is 2. The number of aromatic amines is 2. The molecule has 0 aliphatic heterocycles. The largest absolute Gasteiger partial charge is 0.338 e. The highest BCUT2D eigenvalue weighted by Gasteiger charge is 2.15. The molecule has 0 aliphatic rings. The molecule has 0 aliphatic carbocycles. The highest BCUT2D eigenvalue weighted by molar-refractivity contribution is 7.13. The first kappa shape index (κ1) is 16.1. The summed E-state index contributed by atoms with van der Waals surface area (Å²) in [6.45, 7) is 0. The minimum atomic E-state index is 0.800. The SMILES string of the molecule is c1csc(-c2ccnc3[nH]c(-c4n[nH]c5cnc(-c6cncnc6)cc45)cc23)c1. The lowest BCUT2D eigenvalue weighted by molar-refractivity contribution is 1.11. The Bertz CT molecular complexity index is 1450. The topological polar surface area (TPSA) is 96.0 Å². The van der Waals surface area contributed by atoms with Gasteiger partial charge < -0.3 is 4.98 Å². The third kappa shape index (κ3) is 2.61. The molecule has 7 nitrogen and oxygen atoms in total. The number of pyridine rings is 2. The summed E-state index contributed by atoms with van der Waals surface area (Å²) in [5.41, 5.74) is 6.27. The van der Waals surface area contributed by atoms with Crippen molar-refractivity contribution in [2.75, 3.05) is 0 Å². The fourth-order valence-corrected chi connectivity index (χ4v) is 4.28. The lowest BCUT2D eigenvalue weighted by atomic mass is 10.1. The zero-order valence-electron chi connectivity index (χ0n) is 15.0. The third-order valence-electron chi connectivity index (χ3n) is 4.88. The normalized spacial score (nSPS) is 11.4. The number of hydrogen-bond acceptors (Lipinski definition) is 6. The molecule has 0 unspecified atom stereocenters. The monoisotopic (exact) mass is 395 g/mol. The maximum atomic E-state index is 4.54. The van der Waals surface area contributed by atoms with Gasteiger partial charge in [-0.25, -0.2) is 15.0 Å². The van der Waals surface area contributed by atoms with Crippen molar-refractivity contribution in [3.05, 3.63) is 66.8 Å². The second kappa shape index (κ2) is 6.32. The summed E-state index contributed by atoms with van der Waals surface area (Å²) in [5.74, 6) is 0. The smallest absolute Gasteiger partial charge is 0.138 e. The van der Waals surface area contributed by atoms with Crippen molar-refractivity contribution in [1.29, 1.82) is 0 Å². The molecular weight excluding hydrogens is 382 g/mol. The molecule has 6 aromatic heterocycles. The number of nitrogens with zero attached hydrogens (tertiary/aromatic N) is 5. The number of aromatic nitrogens is 7. The Balaban J connectivity index is 1.53. The van der Waals surface area contributed by atoms with Crippen LogP contribution >= 0.6 is 11.3 Å². The Morgan fingerprint density at radius 2 is 1.86 bits per heavy atom. The molecule has 0 aromatic carbocycles. The molecule has 0 saturated carbocycles. The van der Waals surface area contributed by atoms with E-state index in [9.17, 15) is 0 Å². The van der Waals surface area contributed by atoms with E-state index in [0.717, 1.165) is 50.1 Å². The third-order valence-corrected chi connectivity index (χ3v) is 5.78. The Hall–Kier alpha value is -3.91. The van der Waals surface area contributed by atoms with E-state index < -0.39 is 0 Å². The van der Waals surface area contributed by atoms with Crippen LogP contribution in [0.2, 0.25) is 0 Å². The average Bonchev–Trinajstić information content (AvgIpc) is 3.52. The molecular formula is C21H13N7S. The van der Waals surface area contributed by atoms with Crippen molar-refractivity contribution < 1.29 is 0 Å². The van der Waals surface area contributed by atoms with E-state index in [4.69, 9.17) is 0 Å². The minimum Gasteiger partial charge on any atom is -0.338 e. The highest BCUT2D eigenvalue weighted by Crippen LogP contribution is 2.35. The quantitative estimate of drug-likeness (QED) is 0.453. The van der Waals surface area contributed by atoms with Crippen molar-refractivity contribution in [2.45, 2.75) is 0 Å². The summed E-state index contributed by atoms with van der Waals surface area (Å²) in [7, 11) is 0. The molecule has 2 N–H and O–H groups in total. The van der Waals surface area contributed by atoms with Crippen molar-refractivity contribution in [1.82, 2.24) is 35.1 Å². The molecule has 0 atom stereocenters. The van der Waals surface area contributed by atoms with E-state index in [1.54, 1.807) is 29.9 Å². The van der Waals surface area contributed by atoms with Gasteiger partial charge in [0.25, 0.3) is 0 Å². The summed E-state index contributed by atoms with van der Waals surface area (Å²) < 4.78 is 0. The Morgan fingerprint density at radius 1 is 0.931 bits per heavy atom. The fraction of sp³-hybridized carbons (Fsp3) is 0. The zero-order chi connectivity index (χ0) is 19.2. The van der Waals surface area contributed by atoms with E-state index in [1.165, 1.54) is 11.2 Å². The van der Waals surface area contributed by atoms with Gasteiger partial charge in [-0.3, -0.25) is 10.1 Å². The van der Waals surface area contributed by atoms with Gasteiger partial charge in [-0.1, -0.05) is 6.07 Å². The van der Waals surface area contributed by atoms with Crippen LogP contribution in [0, 0.1) is 0 Å². The molecule has 6 heterocycles. The lowest BCUT2D eigenvalue weighted by Crippen LogP contribution is -1.86. The number of thiophene rings is 1. The van der Waals surface area contributed by atoms with Crippen LogP contribution in [-0.2, 0) is 0 Å². The number of nitrogens with one attached hydrogen (secondary N) is 2. The lowest BCUT2D eigenvalue weighted by Gasteiger charge is -2.00. The maximum Gasteiger partial charge on any atom is 0.138 e. The molecule has 29 heavy (non-hydrogen) atoms. The van der Waals surface area contributed by atoms with E-state index in [0.29, 0.717) is 0 Å². The Labute approximate surface area is 168 Å². The summed E-state index contributed by atoms with van der Waals surface area (Å²) >= 11 is 1.72. The average molecular weight is 395 g/mol. The standard InChI is InChI=1S/C21H13N7S/c1-2-19(29-5-1)13-3-4-24-21-14(13)6-17(26-21)20-15-7-16(12-8-22-11-23-9-12)25-10-18(15)27-28-20/h1-11H,(H,24,26)(H,27,28). The van der Waals surface area contributed by atoms with Gasteiger partial charge in [-0.15, -0.1) is 11.3 Å². The predicted molar refractivity (Wildman–Crippen MR) is 113 cm³/mol. The molecule has 8 heteroatoms. The predicted octanol–water partition coefficient (Wildman–Crippen LogP) is 4.69. The van der Waals surface area contributed by atoms with Gasteiger partial charge in [0.15, 0.2) is 0 Å². The van der Waals surface area contributed by atoms with E-state index >= 15 is 0 Å². The molecule has 0 radical (unpaired) electrons. The van der Waals surface area contributed by atoms with Gasteiger partial charge in [0.05, 0.1) is 23.1 Å². The first-order chi connectivity index (χ1) is 14.4. The van der Waals surface area contributed by atoms with Gasteiger partial charge >= 0.3 is 0 Å². The van der Waals surface area contributed by atoms with Crippen LogP contribution in [0.1, 0.15) is 0 Å². The summed E-state index contributed by atoms with van der Waals surface area (Å²) in [5, 5.41) is 11.7. The van der Waals surface area contributed by atoms with Crippen molar-refractivity contribution in [2.24, 2.45) is 0 Å². The summed E-state index contributed by atoms with van der Waals surface area (Å²) in [6.07, 6.45) is 8.63. The fourth-order valence-electron chi connectivity index (χ4n) is 3.51. The molecule has 6 aromatic rings. The summed E-state index contributed by atoms with van der Waals surface area (Å²) in [4.78, 5) is 21.8. The van der Waals surface area contributed by atoms with E-state index in [1.807, 2.05) is 18.3 Å². The van der Waals surface area contributed by atoms with E-state index in [2.05, 4.69) is 58.7 Å². The molecule has 0 saturated heterocycles. The second-order valence-corrected chi connectivity index (χ2v) is 7.54. The van der Waals surface area contributed by atoms with Gasteiger partial charge in [0.1, 0.15) is 17.7 Å². The van der Waals surface area contributed by atoms with E-state index in [-0.39, 0.29) is 0 Å². The molecule has 0 spiro atoms. The van der Waals surface area contributed by atoms with Gasteiger partial charge in [-0.2, -0.15) is 5.10 Å². The van der Waals surface area contributed by atoms with Crippen molar-refractivity contribution >= 4 is 33.3 Å². The van der Waals surface area contributed by atoms with Crippen LogP contribution in [0.5, 0.6) is 0 Å². The molecule has 0 bridgehead atoms. The first-order valence-electron chi connectivity index (χ1n) is 8.98. The molecule has 138 valence electrons. The Morgan fingerprint density at radius 3 is 2.72 bits per heavy atom. The first-order valence-corrected chi connectivity index (χ1v) is 9.86. The highest BCUT2D eigenvalue weighted by atomic mass is 32.1. The van der Waals surface area contributed by atoms with Crippen LogP contribution in [0.25, 0.3) is 55.0 Å². The van der Waals surface area contributed by atoms with Crippen LogP contribution in [-0.4, -0.2) is 35.1 Å². The van der Waals surface area contributed by atoms with Crippen molar-refractivity contribution in [3.63, 3.8) is 0 Å². The van der Waals surface area contributed by atoms with Crippen LogP contribution in [0.3, 0.4) is 0 Å². The number of hydrogen-bond donors (Lipinski definition) is 2. The Kier molecular flexibility index (Phi) is 3.50.